The molecule has 0 aliphatic heterocycles. The van der Waals surface area contributed by atoms with E-state index in [1.165, 1.54) is 0 Å². The van der Waals surface area contributed by atoms with Crippen LogP contribution in [0.3, 0.4) is 0 Å². The van der Waals surface area contributed by atoms with Crippen LogP contribution in [-0.2, 0) is 11.2 Å². The molecule has 3 aromatic rings. The first kappa shape index (κ1) is 19.2. The van der Waals surface area contributed by atoms with Crippen molar-refractivity contribution in [3.05, 3.63) is 77.5 Å². The molecule has 1 amide bonds. The van der Waals surface area contributed by atoms with Gasteiger partial charge in [-0.2, -0.15) is 0 Å². The highest BCUT2D eigenvalue weighted by Gasteiger charge is 2.15. The van der Waals surface area contributed by atoms with Gasteiger partial charge in [-0.15, -0.1) is 0 Å². The molecule has 2 N–H and O–H groups in total. The van der Waals surface area contributed by atoms with Gasteiger partial charge in [-0.25, -0.2) is 0 Å². The lowest BCUT2D eigenvalue weighted by Gasteiger charge is -2.15. The number of benzene rings is 2. The first-order valence-electron chi connectivity index (χ1n) is 8.93. The fraction of sp³-hybridized carbons (Fsp3) is 0.182. The lowest BCUT2D eigenvalue weighted by molar-refractivity contribution is -0.136. The van der Waals surface area contributed by atoms with Crippen LogP contribution in [0.4, 0.5) is 0 Å². The Morgan fingerprint density at radius 2 is 1.68 bits per heavy atom. The molecule has 6 heteroatoms. The number of amides is 1. The van der Waals surface area contributed by atoms with E-state index in [9.17, 15) is 9.59 Å². The monoisotopic (exact) mass is 378 g/mol. The summed E-state index contributed by atoms with van der Waals surface area (Å²) in [6.07, 6.45) is 0.284. The Hall–Kier alpha value is -3.54. The summed E-state index contributed by atoms with van der Waals surface area (Å²) in [5.74, 6) is -0.414. The Bertz CT molecular complexity index is 973. The molecule has 1 heterocycles. The van der Waals surface area contributed by atoms with Crippen LogP contribution >= 0.6 is 0 Å². The third-order valence-corrected chi connectivity index (χ3v) is 4.47. The number of carboxylic acids is 1. The van der Waals surface area contributed by atoms with Gasteiger partial charge in [-0.05, 0) is 55.5 Å². The van der Waals surface area contributed by atoms with Gasteiger partial charge in [-0.3, -0.25) is 19.7 Å². The van der Waals surface area contributed by atoms with Crippen molar-refractivity contribution in [2.75, 3.05) is 12.5 Å². The van der Waals surface area contributed by atoms with Crippen molar-refractivity contribution in [1.29, 1.82) is 0 Å². The molecule has 6 nitrogen and oxygen atoms in total. The van der Waals surface area contributed by atoms with E-state index in [0.717, 1.165) is 22.6 Å². The molecule has 0 saturated carbocycles. The van der Waals surface area contributed by atoms with Crippen molar-refractivity contribution in [3.63, 3.8) is 0 Å². The molecule has 0 saturated heterocycles. The summed E-state index contributed by atoms with van der Waals surface area (Å²) in [5.41, 5.74) is 6.86. The molecule has 0 aliphatic carbocycles. The fourth-order valence-corrected chi connectivity index (χ4v) is 2.90. The second-order valence-electron chi connectivity index (χ2n) is 6.47. The molecule has 0 unspecified atom stereocenters. The summed E-state index contributed by atoms with van der Waals surface area (Å²) < 4.78 is 6.86. The Kier molecular flexibility index (Phi) is 5.79. The van der Waals surface area contributed by atoms with Crippen LogP contribution in [0.25, 0.3) is 11.3 Å². The van der Waals surface area contributed by atoms with Crippen LogP contribution in [-0.4, -0.2) is 28.8 Å². The van der Waals surface area contributed by atoms with Gasteiger partial charge < -0.3 is 9.84 Å². The smallest absolute Gasteiger partial charge is 0.303 e. The number of hydrogen-bond donors (Lipinski definition) is 2. The van der Waals surface area contributed by atoms with Gasteiger partial charge in [0, 0.05) is 23.2 Å². The maximum absolute atomic E-state index is 12.7. The molecular formula is C22H22N2O4. The summed E-state index contributed by atoms with van der Waals surface area (Å²) >= 11 is 0. The van der Waals surface area contributed by atoms with Gasteiger partial charge in [0.2, 0.25) is 0 Å². The van der Waals surface area contributed by atoms with Gasteiger partial charge in [-0.1, -0.05) is 17.7 Å². The predicted octanol–water partition coefficient (Wildman–Crippen LogP) is 3.87. The molecule has 28 heavy (non-hydrogen) atoms. The number of nitrogens with one attached hydrogen (secondary N) is 1. The van der Waals surface area contributed by atoms with Crippen LogP contribution in [0.5, 0.6) is 5.75 Å². The van der Waals surface area contributed by atoms with E-state index in [4.69, 9.17) is 9.84 Å². The van der Waals surface area contributed by atoms with Crippen molar-refractivity contribution >= 4 is 11.9 Å². The molecule has 0 spiro atoms. The number of carboxylic acid groups (broad SMARTS) is 1. The molecule has 0 radical (unpaired) electrons. The number of aryl methyl sites for hydroxylation is 2. The average molecular weight is 378 g/mol. The highest BCUT2D eigenvalue weighted by molar-refractivity contribution is 6.00. The number of aromatic nitrogens is 1. The number of rotatable bonds is 7. The van der Waals surface area contributed by atoms with Crippen molar-refractivity contribution in [2.24, 2.45) is 0 Å². The number of methoxy groups -OCH3 is 1. The van der Waals surface area contributed by atoms with E-state index in [1.54, 1.807) is 23.9 Å². The Morgan fingerprint density at radius 3 is 2.29 bits per heavy atom. The zero-order valence-electron chi connectivity index (χ0n) is 15.8. The Labute approximate surface area is 163 Å². The topological polar surface area (TPSA) is 80.6 Å². The van der Waals surface area contributed by atoms with Crippen molar-refractivity contribution in [2.45, 2.75) is 19.8 Å². The maximum Gasteiger partial charge on any atom is 0.303 e. The summed E-state index contributed by atoms with van der Waals surface area (Å²) in [5, 5.41) is 9.02. The minimum Gasteiger partial charge on any atom is -0.497 e. The zero-order valence-corrected chi connectivity index (χ0v) is 15.8. The van der Waals surface area contributed by atoms with Gasteiger partial charge in [0.1, 0.15) is 5.75 Å². The van der Waals surface area contributed by atoms with E-state index in [0.29, 0.717) is 17.7 Å². The normalized spacial score (nSPS) is 10.5. The number of aliphatic carboxylic acids is 1. The van der Waals surface area contributed by atoms with Crippen LogP contribution in [0, 0.1) is 6.92 Å². The summed E-state index contributed by atoms with van der Waals surface area (Å²) in [7, 11) is 1.60. The Morgan fingerprint density at radius 1 is 1.00 bits per heavy atom. The third kappa shape index (κ3) is 4.40. The van der Waals surface area contributed by atoms with E-state index in [2.05, 4.69) is 5.43 Å². The van der Waals surface area contributed by atoms with Gasteiger partial charge >= 0.3 is 5.97 Å². The van der Waals surface area contributed by atoms with Gasteiger partial charge in [0.25, 0.3) is 5.91 Å². The van der Waals surface area contributed by atoms with Gasteiger partial charge in [0.05, 0.1) is 19.2 Å². The third-order valence-electron chi connectivity index (χ3n) is 4.47. The second-order valence-corrected chi connectivity index (χ2v) is 6.47. The lowest BCUT2D eigenvalue weighted by atomic mass is 10.1. The molecule has 1 aromatic heterocycles. The van der Waals surface area contributed by atoms with E-state index in [-0.39, 0.29) is 12.3 Å². The zero-order chi connectivity index (χ0) is 20.1. The van der Waals surface area contributed by atoms with E-state index < -0.39 is 5.97 Å². The standard InChI is InChI=1S/C22H22N2O4/c1-15-3-5-17(6-4-15)22(27)23-24-18(10-14-21(25)26)9-13-20(24)16-7-11-19(28-2)12-8-16/h3-9,11-13H,10,14H2,1-2H3,(H,23,27)(H,25,26). The molecule has 0 atom stereocenters. The van der Waals surface area contributed by atoms with Crippen LogP contribution < -0.4 is 10.2 Å². The van der Waals surface area contributed by atoms with Crippen LogP contribution in [0.1, 0.15) is 28.0 Å². The molecule has 144 valence electrons. The number of hydrogen-bond acceptors (Lipinski definition) is 3. The van der Waals surface area contributed by atoms with Crippen LogP contribution in [0.15, 0.2) is 60.7 Å². The quantitative estimate of drug-likeness (QED) is 0.654. The fourth-order valence-electron chi connectivity index (χ4n) is 2.90. The summed E-state index contributed by atoms with van der Waals surface area (Å²) in [6.45, 7) is 1.96. The SMILES string of the molecule is COc1ccc(-c2ccc(CCC(=O)O)n2NC(=O)c2ccc(C)cc2)cc1. The first-order chi connectivity index (χ1) is 13.5. The van der Waals surface area contributed by atoms with Crippen molar-refractivity contribution in [1.82, 2.24) is 4.68 Å². The maximum atomic E-state index is 12.7. The highest BCUT2D eigenvalue weighted by atomic mass is 16.5. The summed E-state index contributed by atoms with van der Waals surface area (Å²) in [6, 6.07) is 18.4. The predicted molar refractivity (Wildman–Crippen MR) is 107 cm³/mol. The van der Waals surface area contributed by atoms with E-state index in [1.807, 2.05) is 55.5 Å². The summed E-state index contributed by atoms with van der Waals surface area (Å²) in [4.78, 5) is 23.7. The van der Waals surface area contributed by atoms with Crippen LogP contribution in [0.2, 0.25) is 0 Å². The number of carbonyl (C=O) groups excluding carboxylic acids is 1. The number of nitrogens with zero attached hydrogens (tertiary/aromatic N) is 1. The largest absolute Gasteiger partial charge is 0.497 e. The molecule has 2 aromatic carbocycles. The van der Waals surface area contributed by atoms with E-state index >= 15 is 0 Å². The van der Waals surface area contributed by atoms with Crippen molar-refractivity contribution < 1.29 is 19.4 Å². The first-order valence-corrected chi connectivity index (χ1v) is 8.93. The van der Waals surface area contributed by atoms with Crippen molar-refractivity contribution in [3.8, 4) is 17.0 Å². The van der Waals surface area contributed by atoms with Gasteiger partial charge in [0.15, 0.2) is 0 Å². The number of carbonyl (C=O) groups is 2. The highest BCUT2D eigenvalue weighted by Crippen LogP contribution is 2.25. The molecule has 0 fully saturated rings. The average Bonchev–Trinajstić information content (AvgIpc) is 3.09. The number of ether oxygens (including phenoxy) is 1. The molecule has 0 aliphatic rings. The lowest BCUT2D eigenvalue weighted by Crippen LogP contribution is -2.25. The molecule has 0 bridgehead atoms. The Balaban J connectivity index is 1.94. The minimum atomic E-state index is -0.886. The molecule has 3 rings (SSSR count). The minimum absolute atomic E-state index is 0.0214. The molecular weight excluding hydrogens is 356 g/mol. The second kappa shape index (κ2) is 8.43.